The highest BCUT2D eigenvalue weighted by atomic mass is 16.8. The van der Waals surface area contributed by atoms with Crippen LogP contribution in [-0.4, -0.2) is 375 Å². The number of nitrogens with one attached hydrogen (secondary N) is 4. The molecule has 40 nitrogen and oxygen atoms in total. The van der Waals surface area contributed by atoms with Crippen LogP contribution in [0.15, 0.2) is 12.2 Å². The van der Waals surface area contributed by atoms with E-state index in [2.05, 4.69) is 35.1 Å². The summed E-state index contributed by atoms with van der Waals surface area (Å²) in [6, 6.07) is -6.31. The van der Waals surface area contributed by atoms with Crippen molar-refractivity contribution in [3.63, 3.8) is 0 Å². The number of carboxylic acids is 1. The smallest absolute Gasteiger partial charge is 0.364 e. The molecule has 12 unspecified atom stereocenters. The van der Waals surface area contributed by atoms with Crippen molar-refractivity contribution in [1.82, 2.24) is 21.3 Å². The van der Waals surface area contributed by atoms with Crippen LogP contribution in [0.25, 0.3) is 0 Å². The van der Waals surface area contributed by atoms with Gasteiger partial charge in [-0.25, -0.2) is 4.79 Å². The number of carbonyl (C=O) groups excluding carboxylic acids is 4. The minimum Gasteiger partial charge on any atom is -0.477 e. The molecule has 6 aliphatic heterocycles. The van der Waals surface area contributed by atoms with Gasteiger partial charge in [0, 0.05) is 33.6 Å². The van der Waals surface area contributed by atoms with Crippen molar-refractivity contribution in [2.75, 3.05) is 46.2 Å². The summed E-state index contributed by atoms with van der Waals surface area (Å²) in [5, 5.41) is 223. The Kier molecular flexibility index (Phi) is 52.4. The zero-order valence-corrected chi connectivity index (χ0v) is 74.8. The van der Waals surface area contributed by atoms with Crippen molar-refractivity contribution in [2.45, 2.75) is 461 Å². The number of allylic oxidation sites excluding steroid dienone is 1. The summed E-state index contributed by atoms with van der Waals surface area (Å²) in [4.78, 5) is 64.5. The predicted molar refractivity (Wildman–Crippen MR) is 450 cm³/mol. The van der Waals surface area contributed by atoms with Crippen molar-refractivity contribution >= 4 is 29.6 Å². The molecule has 0 aromatic rings. The maximum Gasteiger partial charge on any atom is 0.364 e. The first-order valence-electron chi connectivity index (χ1n) is 46.6. The summed E-state index contributed by atoms with van der Waals surface area (Å²) < 4.78 is 71.6. The van der Waals surface area contributed by atoms with E-state index in [9.17, 15) is 121 Å². The van der Waals surface area contributed by atoms with Crippen molar-refractivity contribution in [1.29, 1.82) is 0 Å². The molecule has 0 spiro atoms. The molecule has 740 valence electrons. The zero-order valence-electron chi connectivity index (χ0n) is 74.8. The van der Waals surface area contributed by atoms with E-state index in [1.807, 2.05) is 6.08 Å². The van der Waals surface area contributed by atoms with Crippen molar-refractivity contribution < 1.29 is 178 Å². The molecule has 6 saturated heterocycles. The highest BCUT2D eigenvalue weighted by Gasteiger charge is 2.60. The molecule has 0 radical (unpaired) electrons. The molecule has 6 aliphatic rings. The van der Waals surface area contributed by atoms with E-state index in [0.29, 0.717) is 12.8 Å². The van der Waals surface area contributed by atoms with Crippen LogP contribution in [0.4, 0.5) is 0 Å². The number of amides is 4. The van der Waals surface area contributed by atoms with Gasteiger partial charge in [-0.05, 0) is 19.3 Å². The predicted octanol–water partition coefficient (Wildman–Crippen LogP) is -0.734. The van der Waals surface area contributed by atoms with Crippen LogP contribution in [0.5, 0.6) is 0 Å². The van der Waals surface area contributed by atoms with Gasteiger partial charge in [0.05, 0.1) is 70.5 Å². The lowest BCUT2D eigenvalue weighted by atomic mass is 9.88. The molecule has 127 heavy (non-hydrogen) atoms. The van der Waals surface area contributed by atoms with E-state index in [4.69, 9.17) is 56.8 Å². The standard InChI is InChI=1S/C87H156N4O36/c1-6-8-10-12-14-16-18-20-21-22-23-24-25-26-27-29-31-33-35-37-39-41-62(102)91-53(54(99)40-38-36-34-32-30-28-19-17-15-13-11-9-7-2)47-116-83-75(112)73(110)78(59(46-95)121-83)125-85-76(113)80(69(106)60(122-85)48-117-81-64(89-51(4)97)70(107)67(104)57(44-93)119-81)126-82-65(90-52(5)98)71(108)77(58(45-94)120-82)124-84-74(111)72(109)68(105)61(123-84)49-118-87(86(114)115)42-55(100)63(88-50(3)96)79(127-87)66(103)56(101)43-92/h38,40,53-61,63-85,92-95,99-101,103-113H,6-37,39,41-49H2,1-5H3,(H,88,96)(H,89,97)(H,90,98)(H,91,102)(H,114,115)/b40-38+/t53-,54+,55?,56+,57?,58?,59?,60?,61?,63+,64?,65?,66+,67+,68-,69-,70+,71+,72-,73+,74?,75?,76?,77+,78+,79?,80-,81+,82-,83+,84-,85-,87+/m0/s1. The number of aliphatic hydroxyl groups excluding tert-OH is 18. The number of carboxylic acid groups (broad SMARTS) is 1. The number of rotatable bonds is 62. The van der Waals surface area contributed by atoms with Gasteiger partial charge in [0.25, 0.3) is 5.79 Å². The molecule has 0 aromatic heterocycles. The maximum atomic E-state index is 13.7. The van der Waals surface area contributed by atoms with Gasteiger partial charge in [0.1, 0.15) is 140 Å². The molecule has 0 bridgehead atoms. The Bertz CT molecular complexity index is 3070. The van der Waals surface area contributed by atoms with E-state index < -0.39 is 278 Å². The Hall–Kier alpha value is -4.11. The normalized spacial score (nSPS) is 34.6. The van der Waals surface area contributed by atoms with Gasteiger partial charge < -0.3 is 175 Å². The van der Waals surface area contributed by atoms with E-state index in [0.717, 1.165) is 78.6 Å². The number of ether oxygens (including phenoxy) is 12. The molecule has 6 heterocycles. The SMILES string of the molecule is CCCCCCCCCCCCC/C=C/[C@@H](O)[C@H](CO[C@@H]1OC(CO)[C@@H](O[C@@H]2OC(CO[C@@H]3OC(CO)[C@@H](O)[C@H](O)C3NC(C)=O)[C@H](O)[C@H](O[C@@H]3OC(CO)[C@@H](O[C@@H]4OC(CO[C@]5(C(=O)O)CC(O)[C@@H](NC(C)=O)C([C@H](O)[C@H](O)CO)O5)[C@H](O)[C@H](O)C4O)[C@H](O)C3NC(C)=O)C2O)[C@H](O)C1O)NC(=O)CCCCCCCCCCCCCCCCCCCCCCC. The third-order valence-electron chi connectivity index (χ3n) is 24.6. The van der Waals surface area contributed by atoms with Gasteiger partial charge in [0.15, 0.2) is 31.5 Å². The fourth-order valence-electron chi connectivity index (χ4n) is 17.1. The molecular formula is C87H156N4O36. The molecule has 0 aliphatic carbocycles. The number of aliphatic carboxylic acids is 1. The molecular weight excluding hydrogens is 1680 g/mol. The average molecular weight is 1830 g/mol. The van der Waals surface area contributed by atoms with Gasteiger partial charge in [0.2, 0.25) is 23.6 Å². The quantitative estimate of drug-likeness (QED) is 0.0264. The third kappa shape index (κ3) is 35.6. The maximum absolute atomic E-state index is 13.7. The second-order valence-corrected chi connectivity index (χ2v) is 35.0. The monoisotopic (exact) mass is 1830 g/mol. The van der Waals surface area contributed by atoms with Gasteiger partial charge in [-0.15, -0.1) is 0 Å². The Morgan fingerprint density at radius 2 is 0.827 bits per heavy atom. The van der Waals surface area contributed by atoms with E-state index in [1.54, 1.807) is 6.08 Å². The summed E-state index contributed by atoms with van der Waals surface area (Å²) in [6.07, 6.45) is -15.4. The van der Waals surface area contributed by atoms with Crippen molar-refractivity contribution in [3.05, 3.63) is 12.2 Å². The summed E-state index contributed by atoms with van der Waals surface area (Å²) in [5.41, 5.74) is 0. The summed E-state index contributed by atoms with van der Waals surface area (Å²) in [5.74, 6) is -7.90. The van der Waals surface area contributed by atoms with E-state index in [1.165, 1.54) is 141 Å². The van der Waals surface area contributed by atoms with Gasteiger partial charge in [-0.2, -0.15) is 0 Å². The van der Waals surface area contributed by atoms with Gasteiger partial charge >= 0.3 is 5.97 Å². The van der Waals surface area contributed by atoms with Crippen LogP contribution in [0.3, 0.4) is 0 Å². The number of unbranched alkanes of at least 4 members (excludes halogenated alkanes) is 31. The van der Waals surface area contributed by atoms with Crippen LogP contribution >= 0.6 is 0 Å². The summed E-state index contributed by atoms with van der Waals surface area (Å²) in [6.45, 7) is 0.663. The Morgan fingerprint density at radius 3 is 1.31 bits per heavy atom. The van der Waals surface area contributed by atoms with Gasteiger partial charge in [-0.1, -0.05) is 219 Å². The van der Waals surface area contributed by atoms with Crippen LogP contribution in [0.2, 0.25) is 0 Å². The first-order valence-corrected chi connectivity index (χ1v) is 46.6. The second-order valence-electron chi connectivity index (χ2n) is 35.0. The summed E-state index contributed by atoms with van der Waals surface area (Å²) in [7, 11) is 0. The van der Waals surface area contributed by atoms with Crippen LogP contribution in [-0.2, 0) is 80.8 Å². The van der Waals surface area contributed by atoms with Crippen LogP contribution < -0.4 is 21.3 Å². The number of aliphatic hydroxyl groups is 18. The van der Waals surface area contributed by atoms with Gasteiger partial charge in [-0.3, -0.25) is 19.2 Å². The zero-order chi connectivity index (χ0) is 93.3. The first-order chi connectivity index (χ1) is 60.8. The third-order valence-corrected chi connectivity index (χ3v) is 24.6. The highest BCUT2D eigenvalue weighted by Crippen LogP contribution is 2.39. The number of hydrogen-bond acceptors (Lipinski definition) is 35. The topological polar surface area (TPSA) is 629 Å². The minimum atomic E-state index is -3.03. The Morgan fingerprint density at radius 1 is 0.417 bits per heavy atom. The van der Waals surface area contributed by atoms with E-state index in [-0.39, 0.29) is 12.3 Å². The molecule has 0 aromatic carbocycles. The summed E-state index contributed by atoms with van der Waals surface area (Å²) >= 11 is 0. The average Bonchev–Trinajstić information content (AvgIpc) is 0.759. The lowest BCUT2D eigenvalue weighted by molar-refractivity contribution is -0.385. The largest absolute Gasteiger partial charge is 0.477 e. The number of hydrogen-bond donors (Lipinski definition) is 23. The number of carbonyl (C=O) groups is 5. The molecule has 6 fully saturated rings. The Labute approximate surface area is 745 Å². The van der Waals surface area contributed by atoms with Crippen molar-refractivity contribution in [2.24, 2.45) is 0 Å². The molecule has 40 heteroatoms. The Balaban J connectivity index is 1.16. The lowest BCUT2D eigenvalue weighted by Crippen LogP contribution is -2.70. The second kappa shape index (κ2) is 59.6. The minimum absolute atomic E-state index is 0.134. The molecule has 6 rings (SSSR count). The van der Waals surface area contributed by atoms with Crippen LogP contribution in [0.1, 0.15) is 259 Å². The van der Waals surface area contributed by atoms with Crippen molar-refractivity contribution in [3.8, 4) is 0 Å². The fraction of sp³-hybridized carbons (Fsp3) is 0.920. The lowest BCUT2D eigenvalue weighted by Gasteiger charge is -2.50. The fourth-order valence-corrected chi connectivity index (χ4v) is 17.1. The molecule has 33 atom stereocenters. The molecule has 4 amide bonds. The van der Waals surface area contributed by atoms with Crippen LogP contribution in [0, 0.1) is 0 Å². The van der Waals surface area contributed by atoms with E-state index >= 15 is 0 Å². The molecule has 0 saturated carbocycles. The first kappa shape index (κ1) is 112. The highest BCUT2D eigenvalue weighted by molar-refractivity contribution is 5.77. The molecule has 23 N–H and O–H groups in total.